The third-order valence-corrected chi connectivity index (χ3v) is 3.80. The highest BCUT2D eigenvalue weighted by atomic mass is 16.5. The minimum atomic E-state index is -0.457. The van der Waals surface area contributed by atoms with E-state index in [-0.39, 0.29) is 5.91 Å². The SMILES string of the molecule is COC(=O)c1ccc(C(=O)NCCCN2CCCCC2)nc1. The summed E-state index contributed by atoms with van der Waals surface area (Å²) >= 11 is 0. The zero-order valence-electron chi connectivity index (χ0n) is 13.0. The Hall–Kier alpha value is -1.95. The van der Waals surface area contributed by atoms with E-state index < -0.39 is 5.97 Å². The van der Waals surface area contributed by atoms with Crippen LogP contribution in [0.5, 0.6) is 0 Å². The summed E-state index contributed by atoms with van der Waals surface area (Å²) in [5, 5.41) is 2.86. The molecule has 1 amide bonds. The van der Waals surface area contributed by atoms with Gasteiger partial charge in [0.15, 0.2) is 0 Å². The van der Waals surface area contributed by atoms with E-state index >= 15 is 0 Å². The Kier molecular flexibility index (Phi) is 6.33. The van der Waals surface area contributed by atoms with Gasteiger partial charge in [-0.3, -0.25) is 9.78 Å². The minimum absolute atomic E-state index is 0.213. The van der Waals surface area contributed by atoms with Gasteiger partial charge in [0, 0.05) is 12.7 Å². The quantitative estimate of drug-likeness (QED) is 0.636. The summed E-state index contributed by atoms with van der Waals surface area (Å²) in [4.78, 5) is 29.7. The van der Waals surface area contributed by atoms with Crippen LogP contribution in [0.25, 0.3) is 0 Å². The highest BCUT2D eigenvalue weighted by molar-refractivity contribution is 5.94. The van der Waals surface area contributed by atoms with E-state index in [1.54, 1.807) is 6.07 Å². The number of pyridine rings is 1. The molecule has 1 aromatic heterocycles. The molecule has 0 spiro atoms. The van der Waals surface area contributed by atoms with Crippen LogP contribution >= 0.6 is 0 Å². The number of methoxy groups -OCH3 is 1. The monoisotopic (exact) mass is 305 g/mol. The van der Waals surface area contributed by atoms with Crippen LogP contribution in [0.3, 0.4) is 0 Å². The number of nitrogens with zero attached hydrogens (tertiary/aromatic N) is 2. The lowest BCUT2D eigenvalue weighted by atomic mass is 10.1. The van der Waals surface area contributed by atoms with Crippen molar-refractivity contribution in [3.05, 3.63) is 29.6 Å². The van der Waals surface area contributed by atoms with Crippen LogP contribution in [0.15, 0.2) is 18.3 Å². The molecule has 1 aliphatic heterocycles. The lowest BCUT2D eigenvalue weighted by molar-refractivity contribution is 0.0599. The van der Waals surface area contributed by atoms with Crippen LogP contribution in [-0.2, 0) is 4.74 Å². The van der Waals surface area contributed by atoms with Crippen molar-refractivity contribution in [3.8, 4) is 0 Å². The molecule has 6 heteroatoms. The number of ether oxygens (including phenoxy) is 1. The molecule has 1 N–H and O–H groups in total. The Morgan fingerprint density at radius 1 is 1.27 bits per heavy atom. The Labute approximate surface area is 130 Å². The molecule has 1 aromatic rings. The number of piperidine rings is 1. The highest BCUT2D eigenvalue weighted by Gasteiger charge is 2.11. The Morgan fingerprint density at radius 3 is 2.68 bits per heavy atom. The molecule has 2 heterocycles. The third-order valence-electron chi connectivity index (χ3n) is 3.80. The van der Waals surface area contributed by atoms with Crippen LogP contribution in [0.1, 0.15) is 46.5 Å². The molecule has 1 fully saturated rings. The predicted molar refractivity (Wildman–Crippen MR) is 82.8 cm³/mol. The summed E-state index contributed by atoms with van der Waals surface area (Å²) < 4.78 is 4.59. The van der Waals surface area contributed by atoms with Gasteiger partial charge in [0.05, 0.1) is 12.7 Å². The lowest BCUT2D eigenvalue weighted by Crippen LogP contribution is -2.33. The van der Waals surface area contributed by atoms with Gasteiger partial charge in [-0.1, -0.05) is 6.42 Å². The second-order valence-electron chi connectivity index (χ2n) is 5.44. The Morgan fingerprint density at radius 2 is 2.05 bits per heavy atom. The van der Waals surface area contributed by atoms with Crippen molar-refractivity contribution in [2.45, 2.75) is 25.7 Å². The van der Waals surface area contributed by atoms with E-state index in [9.17, 15) is 9.59 Å². The first kappa shape index (κ1) is 16.4. The molecule has 0 radical (unpaired) electrons. The van der Waals surface area contributed by atoms with Crippen LogP contribution in [-0.4, -0.2) is 55.0 Å². The smallest absolute Gasteiger partial charge is 0.339 e. The van der Waals surface area contributed by atoms with Crippen LogP contribution < -0.4 is 5.32 Å². The maximum atomic E-state index is 11.9. The fourth-order valence-corrected chi connectivity index (χ4v) is 2.54. The largest absolute Gasteiger partial charge is 0.465 e. The number of hydrogen-bond donors (Lipinski definition) is 1. The number of rotatable bonds is 6. The van der Waals surface area contributed by atoms with E-state index in [2.05, 4.69) is 19.9 Å². The van der Waals surface area contributed by atoms with E-state index in [0.717, 1.165) is 13.0 Å². The van der Waals surface area contributed by atoms with E-state index in [1.165, 1.54) is 51.7 Å². The average Bonchev–Trinajstić information content (AvgIpc) is 2.59. The van der Waals surface area contributed by atoms with Gasteiger partial charge in [-0.25, -0.2) is 4.79 Å². The molecule has 22 heavy (non-hydrogen) atoms. The van der Waals surface area contributed by atoms with Gasteiger partial charge in [0.25, 0.3) is 5.91 Å². The first-order valence-electron chi connectivity index (χ1n) is 7.75. The molecular formula is C16H23N3O3. The zero-order chi connectivity index (χ0) is 15.8. The number of amides is 1. The summed E-state index contributed by atoms with van der Waals surface area (Å²) in [6.45, 7) is 4.00. The van der Waals surface area contributed by atoms with Crippen LogP contribution in [0, 0.1) is 0 Å². The average molecular weight is 305 g/mol. The number of aromatic nitrogens is 1. The summed E-state index contributed by atoms with van der Waals surface area (Å²) in [6, 6.07) is 3.08. The topological polar surface area (TPSA) is 71.5 Å². The van der Waals surface area contributed by atoms with E-state index in [1.807, 2.05) is 0 Å². The Bertz CT molecular complexity index is 496. The van der Waals surface area contributed by atoms with Crippen LogP contribution in [0.2, 0.25) is 0 Å². The molecule has 0 aliphatic carbocycles. The van der Waals surface area contributed by atoms with Crippen molar-refractivity contribution in [2.24, 2.45) is 0 Å². The van der Waals surface area contributed by atoms with Gasteiger partial charge in [-0.05, 0) is 51.0 Å². The van der Waals surface area contributed by atoms with Crippen molar-refractivity contribution in [1.29, 1.82) is 0 Å². The summed E-state index contributed by atoms with van der Waals surface area (Å²) in [7, 11) is 1.31. The molecule has 1 saturated heterocycles. The van der Waals surface area contributed by atoms with Gasteiger partial charge in [0.2, 0.25) is 0 Å². The second kappa shape index (κ2) is 8.48. The fraction of sp³-hybridized carbons (Fsp3) is 0.562. The minimum Gasteiger partial charge on any atom is -0.465 e. The first-order valence-corrected chi connectivity index (χ1v) is 7.75. The zero-order valence-corrected chi connectivity index (χ0v) is 13.0. The van der Waals surface area contributed by atoms with Crippen molar-refractivity contribution in [1.82, 2.24) is 15.2 Å². The highest BCUT2D eigenvalue weighted by Crippen LogP contribution is 2.08. The normalized spacial score (nSPS) is 15.3. The molecule has 0 saturated carbocycles. The number of carbonyl (C=O) groups is 2. The molecule has 120 valence electrons. The van der Waals surface area contributed by atoms with Gasteiger partial charge in [0.1, 0.15) is 5.69 Å². The third kappa shape index (κ3) is 4.80. The van der Waals surface area contributed by atoms with Crippen molar-refractivity contribution in [3.63, 3.8) is 0 Å². The first-order chi connectivity index (χ1) is 10.7. The molecule has 2 rings (SSSR count). The fourth-order valence-electron chi connectivity index (χ4n) is 2.54. The number of nitrogens with one attached hydrogen (secondary N) is 1. The molecule has 1 aliphatic rings. The standard InChI is InChI=1S/C16H23N3O3/c1-22-16(21)13-6-7-14(18-12-13)15(20)17-8-5-11-19-9-3-2-4-10-19/h6-7,12H,2-5,8-11H2,1H3,(H,17,20). The summed E-state index contributed by atoms with van der Waals surface area (Å²) in [6.07, 6.45) is 6.19. The predicted octanol–water partition coefficient (Wildman–Crippen LogP) is 1.47. The maximum Gasteiger partial charge on any atom is 0.339 e. The van der Waals surface area contributed by atoms with E-state index in [4.69, 9.17) is 0 Å². The van der Waals surface area contributed by atoms with Crippen molar-refractivity contribution >= 4 is 11.9 Å². The molecule has 6 nitrogen and oxygen atoms in total. The van der Waals surface area contributed by atoms with Crippen LogP contribution in [0.4, 0.5) is 0 Å². The lowest BCUT2D eigenvalue weighted by Gasteiger charge is -2.26. The number of esters is 1. The van der Waals surface area contributed by atoms with Crippen molar-refractivity contribution < 1.29 is 14.3 Å². The second-order valence-corrected chi connectivity index (χ2v) is 5.44. The summed E-state index contributed by atoms with van der Waals surface area (Å²) in [5.41, 5.74) is 0.648. The molecule has 0 atom stereocenters. The molecule has 0 bridgehead atoms. The molecular weight excluding hydrogens is 282 g/mol. The van der Waals surface area contributed by atoms with Crippen molar-refractivity contribution in [2.75, 3.05) is 33.3 Å². The molecule has 0 unspecified atom stereocenters. The molecule has 0 aromatic carbocycles. The Balaban J connectivity index is 1.71. The van der Waals surface area contributed by atoms with Gasteiger partial charge in [-0.15, -0.1) is 0 Å². The number of hydrogen-bond acceptors (Lipinski definition) is 5. The van der Waals surface area contributed by atoms with Gasteiger partial charge in [-0.2, -0.15) is 0 Å². The summed E-state index contributed by atoms with van der Waals surface area (Å²) in [5.74, 6) is -0.670. The number of likely N-dealkylation sites (tertiary alicyclic amines) is 1. The maximum absolute atomic E-state index is 11.9. The number of carbonyl (C=O) groups excluding carboxylic acids is 2. The van der Waals surface area contributed by atoms with E-state index in [0.29, 0.717) is 17.8 Å². The van der Waals surface area contributed by atoms with Gasteiger partial charge >= 0.3 is 5.97 Å². The van der Waals surface area contributed by atoms with Gasteiger partial charge < -0.3 is 15.0 Å².